The number of aryl methyl sites for hydroxylation is 1. The van der Waals surface area contributed by atoms with Crippen LogP contribution in [0.2, 0.25) is 0 Å². The molecule has 0 atom stereocenters. The van der Waals surface area contributed by atoms with E-state index in [1.165, 1.54) is 12.4 Å². The Balaban J connectivity index is 2.53. The molecular formula is C13H18N4O2. The summed E-state index contributed by atoms with van der Waals surface area (Å²) in [6.07, 6.45) is 3.09. The molecule has 0 saturated carbocycles. The van der Waals surface area contributed by atoms with Crippen LogP contribution in [0.15, 0.2) is 17.2 Å². The Labute approximate surface area is 110 Å². The zero-order valence-electron chi connectivity index (χ0n) is 11.4. The number of aromatic nitrogens is 3. The first-order chi connectivity index (χ1) is 8.79. The van der Waals surface area contributed by atoms with Gasteiger partial charge >= 0.3 is 0 Å². The second kappa shape index (κ2) is 4.53. The molecule has 0 aliphatic rings. The van der Waals surface area contributed by atoms with Crippen molar-refractivity contribution in [2.45, 2.75) is 33.6 Å². The van der Waals surface area contributed by atoms with Gasteiger partial charge in [-0.25, -0.2) is 9.50 Å². The summed E-state index contributed by atoms with van der Waals surface area (Å²) < 4.78 is 1.65. The molecule has 3 N–H and O–H groups in total. The number of H-pyrrole nitrogens is 1. The van der Waals surface area contributed by atoms with Gasteiger partial charge in [0.25, 0.3) is 5.91 Å². The molecule has 0 aliphatic carbocycles. The molecule has 0 unspecified atom stereocenters. The number of carbonyl (C=O) groups excluding carboxylic acids is 1. The lowest BCUT2D eigenvalue weighted by atomic mass is 9.89. The zero-order chi connectivity index (χ0) is 14.2. The summed E-state index contributed by atoms with van der Waals surface area (Å²) in [5, 5.41) is 2.91. The first-order valence-electron chi connectivity index (χ1n) is 6.17. The Morgan fingerprint density at radius 1 is 1.47 bits per heavy atom. The molecule has 19 heavy (non-hydrogen) atoms. The normalized spacial score (nSPS) is 11.9. The van der Waals surface area contributed by atoms with Crippen molar-refractivity contribution < 1.29 is 4.79 Å². The standard InChI is InChI=1S/C13H18N4O2/c1-13(2,3)5-4-8-6-9(18)10(11(14)19)12-15-7-16-17(8)12/h6-7H,4-5H2,1-3H3,(H2,14,19)(H,15,16). The maximum absolute atomic E-state index is 11.9. The van der Waals surface area contributed by atoms with Crippen LogP contribution >= 0.6 is 0 Å². The molecule has 1 amide bonds. The highest BCUT2D eigenvalue weighted by atomic mass is 16.2. The van der Waals surface area contributed by atoms with Crippen LogP contribution in [0, 0.1) is 5.41 Å². The number of carbonyl (C=O) groups is 1. The van der Waals surface area contributed by atoms with Gasteiger partial charge in [-0.15, -0.1) is 0 Å². The smallest absolute Gasteiger partial charge is 0.256 e. The van der Waals surface area contributed by atoms with Crippen LogP contribution < -0.4 is 11.2 Å². The van der Waals surface area contributed by atoms with Gasteiger partial charge in [0.1, 0.15) is 11.9 Å². The molecule has 0 saturated heterocycles. The van der Waals surface area contributed by atoms with E-state index in [4.69, 9.17) is 5.73 Å². The second-order valence-corrected chi connectivity index (χ2v) is 5.85. The minimum Gasteiger partial charge on any atom is -0.365 e. The largest absolute Gasteiger partial charge is 0.365 e. The highest BCUT2D eigenvalue weighted by Gasteiger charge is 2.18. The van der Waals surface area contributed by atoms with E-state index < -0.39 is 5.91 Å². The summed E-state index contributed by atoms with van der Waals surface area (Å²) in [5.74, 6) is -0.753. The van der Waals surface area contributed by atoms with Crippen LogP contribution in [0.4, 0.5) is 0 Å². The van der Waals surface area contributed by atoms with E-state index in [1.807, 2.05) is 0 Å². The molecule has 0 fully saturated rings. The van der Waals surface area contributed by atoms with Gasteiger partial charge in [-0.3, -0.25) is 14.7 Å². The monoisotopic (exact) mass is 262 g/mol. The van der Waals surface area contributed by atoms with Crippen LogP contribution in [0.3, 0.4) is 0 Å². The van der Waals surface area contributed by atoms with E-state index in [2.05, 4.69) is 30.9 Å². The van der Waals surface area contributed by atoms with Crippen molar-refractivity contribution in [3.05, 3.63) is 33.9 Å². The number of aromatic amines is 1. The average Bonchev–Trinajstić information content (AvgIpc) is 2.72. The van der Waals surface area contributed by atoms with Crippen LogP contribution in [0.5, 0.6) is 0 Å². The lowest BCUT2D eigenvalue weighted by Gasteiger charge is -2.18. The maximum Gasteiger partial charge on any atom is 0.256 e. The Bertz CT molecular complexity index is 676. The highest BCUT2D eigenvalue weighted by molar-refractivity contribution is 5.98. The van der Waals surface area contributed by atoms with Crippen molar-refractivity contribution in [1.29, 1.82) is 0 Å². The van der Waals surface area contributed by atoms with Crippen LogP contribution in [0.1, 0.15) is 43.2 Å². The molecule has 0 spiro atoms. The summed E-state index contributed by atoms with van der Waals surface area (Å²) in [7, 11) is 0. The predicted octanol–water partition coefficient (Wildman–Crippen LogP) is 1.10. The first-order valence-corrected chi connectivity index (χ1v) is 6.17. The highest BCUT2D eigenvalue weighted by Crippen LogP contribution is 2.21. The van der Waals surface area contributed by atoms with E-state index in [9.17, 15) is 9.59 Å². The fourth-order valence-electron chi connectivity index (χ4n) is 1.98. The number of nitrogens with one attached hydrogen (secondary N) is 1. The molecule has 2 aromatic heterocycles. The number of pyridine rings is 1. The second-order valence-electron chi connectivity index (χ2n) is 5.85. The van der Waals surface area contributed by atoms with E-state index >= 15 is 0 Å². The number of nitrogens with zero attached hydrogens (tertiary/aromatic N) is 2. The molecule has 0 bridgehead atoms. The third-order valence-corrected chi connectivity index (χ3v) is 3.02. The Kier molecular flexibility index (Phi) is 3.18. The van der Waals surface area contributed by atoms with Gasteiger partial charge in [0, 0.05) is 11.8 Å². The van der Waals surface area contributed by atoms with Crippen LogP contribution in [-0.2, 0) is 6.42 Å². The number of hydrogen-bond acceptors (Lipinski definition) is 3. The molecule has 102 valence electrons. The van der Waals surface area contributed by atoms with Crippen LogP contribution in [0.25, 0.3) is 5.65 Å². The molecule has 2 aromatic rings. The zero-order valence-corrected chi connectivity index (χ0v) is 11.4. The van der Waals surface area contributed by atoms with Gasteiger partial charge in [0.2, 0.25) is 0 Å². The Morgan fingerprint density at radius 3 is 2.74 bits per heavy atom. The fraction of sp³-hybridized carbons (Fsp3) is 0.462. The lowest BCUT2D eigenvalue weighted by Crippen LogP contribution is -2.24. The number of hydrogen-bond donors (Lipinski definition) is 2. The van der Waals surface area contributed by atoms with Crippen molar-refractivity contribution in [3.63, 3.8) is 0 Å². The fourth-order valence-corrected chi connectivity index (χ4v) is 1.98. The average molecular weight is 262 g/mol. The van der Waals surface area contributed by atoms with Gasteiger partial charge in [-0.05, 0) is 18.3 Å². The van der Waals surface area contributed by atoms with Crippen molar-refractivity contribution in [2.24, 2.45) is 11.1 Å². The SMILES string of the molecule is CC(C)(C)CCc1cc(=O)c(C(N)=O)c2nc[nH]n12. The van der Waals surface area contributed by atoms with Crippen LogP contribution in [-0.4, -0.2) is 20.5 Å². The molecule has 0 aliphatic heterocycles. The van der Waals surface area contributed by atoms with Gasteiger partial charge in [0.05, 0.1) is 0 Å². The predicted molar refractivity (Wildman–Crippen MR) is 72.1 cm³/mol. The van der Waals surface area contributed by atoms with E-state index in [-0.39, 0.29) is 16.4 Å². The molecular weight excluding hydrogens is 244 g/mol. The lowest BCUT2D eigenvalue weighted by molar-refractivity contribution is 0.100. The van der Waals surface area contributed by atoms with Crippen molar-refractivity contribution >= 4 is 11.6 Å². The van der Waals surface area contributed by atoms with Gasteiger partial charge in [-0.2, -0.15) is 0 Å². The topological polar surface area (TPSA) is 93.2 Å². The molecule has 2 rings (SSSR count). The van der Waals surface area contributed by atoms with E-state index in [0.717, 1.165) is 18.5 Å². The number of fused-ring (bicyclic) bond motifs is 1. The maximum atomic E-state index is 11.9. The quantitative estimate of drug-likeness (QED) is 0.867. The summed E-state index contributed by atoms with van der Waals surface area (Å²) >= 11 is 0. The Hall–Kier alpha value is -2.11. The van der Waals surface area contributed by atoms with Gasteiger partial charge in [0.15, 0.2) is 11.1 Å². The number of amides is 1. The third kappa shape index (κ3) is 2.67. The van der Waals surface area contributed by atoms with E-state index in [1.54, 1.807) is 4.52 Å². The molecule has 2 heterocycles. The van der Waals surface area contributed by atoms with E-state index in [0.29, 0.717) is 5.65 Å². The van der Waals surface area contributed by atoms with Crippen molar-refractivity contribution in [2.75, 3.05) is 0 Å². The molecule has 0 radical (unpaired) electrons. The first kappa shape index (κ1) is 13.3. The van der Waals surface area contributed by atoms with Gasteiger partial charge in [-0.1, -0.05) is 20.8 Å². The molecule has 6 heteroatoms. The Morgan fingerprint density at radius 2 is 2.16 bits per heavy atom. The number of nitrogens with two attached hydrogens (primary N) is 1. The minimum absolute atomic E-state index is 0.0687. The summed E-state index contributed by atoms with van der Waals surface area (Å²) in [6.45, 7) is 6.41. The molecule has 0 aromatic carbocycles. The van der Waals surface area contributed by atoms with Crippen molar-refractivity contribution in [1.82, 2.24) is 14.6 Å². The number of primary amides is 1. The summed E-state index contributed by atoms with van der Waals surface area (Å²) in [4.78, 5) is 27.3. The minimum atomic E-state index is -0.753. The van der Waals surface area contributed by atoms with Crippen molar-refractivity contribution in [3.8, 4) is 0 Å². The van der Waals surface area contributed by atoms with Gasteiger partial charge < -0.3 is 5.73 Å². The summed E-state index contributed by atoms with van der Waals surface area (Å²) in [6, 6.07) is 1.46. The third-order valence-electron chi connectivity index (χ3n) is 3.02. The number of rotatable bonds is 3. The summed E-state index contributed by atoms with van der Waals surface area (Å²) in [5.41, 5.74) is 6.05. The molecule has 6 nitrogen and oxygen atoms in total.